The van der Waals surface area contributed by atoms with Crippen molar-refractivity contribution in [3.05, 3.63) is 36.4 Å². The molecular weight excluding hydrogens is 308 g/mol. The highest BCUT2D eigenvalue weighted by molar-refractivity contribution is 5.77. The molecule has 4 rings (SSSR count). The van der Waals surface area contributed by atoms with E-state index in [2.05, 4.69) is 20.2 Å². The van der Waals surface area contributed by atoms with Crippen LogP contribution in [0.3, 0.4) is 0 Å². The van der Waals surface area contributed by atoms with Gasteiger partial charge in [-0.1, -0.05) is 17.3 Å². The fourth-order valence-corrected chi connectivity index (χ4v) is 2.71. The Labute approximate surface area is 138 Å². The van der Waals surface area contributed by atoms with E-state index in [0.717, 1.165) is 24.1 Å². The number of carbonyl (C=O) groups is 1. The largest absolute Gasteiger partial charge is 0.335 e. The van der Waals surface area contributed by atoms with Crippen LogP contribution in [0.4, 0.5) is 0 Å². The van der Waals surface area contributed by atoms with Crippen molar-refractivity contribution in [1.29, 1.82) is 0 Å². The second-order valence-electron chi connectivity index (χ2n) is 5.75. The molecule has 0 bridgehead atoms. The molecule has 1 amide bonds. The van der Waals surface area contributed by atoms with Gasteiger partial charge in [-0.15, -0.1) is 0 Å². The van der Waals surface area contributed by atoms with Gasteiger partial charge in [-0.25, -0.2) is 4.98 Å². The van der Waals surface area contributed by atoms with Crippen molar-refractivity contribution in [2.24, 2.45) is 7.05 Å². The average Bonchev–Trinajstić information content (AvgIpc) is 3.31. The van der Waals surface area contributed by atoms with Crippen LogP contribution < -0.4 is 0 Å². The standard InChI is InChI=1S/C16H16N6O2/c1-21-10-17-15(19-21)11-4-6-12(7-5-11)16-18-13(20-24-16)9-22-8-2-3-14(22)23/h4-7,10H,2-3,8-9H2,1H3. The molecule has 0 spiro atoms. The zero-order chi connectivity index (χ0) is 16.5. The van der Waals surface area contributed by atoms with Crippen LogP contribution in [0.1, 0.15) is 18.7 Å². The Morgan fingerprint density at radius 1 is 1.21 bits per heavy atom. The van der Waals surface area contributed by atoms with Crippen molar-refractivity contribution >= 4 is 5.91 Å². The molecule has 24 heavy (non-hydrogen) atoms. The van der Waals surface area contributed by atoms with Crippen molar-refractivity contribution in [2.45, 2.75) is 19.4 Å². The minimum atomic E-state index is 0.147. The molecule has 0 radical (unpaired) electrons. The lowest BCUT2D eigenvalue weighted by Gasteiger charge is -2.11. The van der Waals surface area contributed by atoms with E-state index in [1.807, 2.05) is 31.3 Å². The Balaban J connectivity index is 1.51. The number of amides is 1. The van der Waals surface area contributed by atoms with E-state index in [-0.39, 0.29) is 5.91 Å². The van der Waals surface area contributed by atoms with Gasteiger partial charge < -0.3 is 9.42 Å². The third-order valence-electron chi connectivity index (χ3n) is 3.96. The van der Waals surface area contributed by atoms with Gasteiger partial charge in [0.1, 0.15) is 6.33 Å². The van der Waals surface area contributed by atoms with Crippen LogP contribution in [0.25, 0.3) is 22.8 Å². The second kappa shape index (κ2) is 5.88. The summed E-state index contributed by atoms with van der Waals surface area (Å²) in [7, 11) is 1.83. The molecule has 2 aromatic heterocycles. The number of aromatic nitrogens is 5. The number of hydrogen-bond donors (Lipinski definition) is 0. The van der Waals surface area contributed by atoms with Gasteiger partial charge in [0.25, 0.3) is 5.89 Å². The Morgan fingerprint density at radius 2 is 2.00 bits per heavy atom. The zero-order valence-electron chi connectivity index (χ0n) is 13.2. The minimum Gasteiger partial charge on any atom is -0.335 e. The zero-order valence-corrected chi connectivity index (χ0v) is 13.2. The van der Waals surface area contributed by atoms with Crippen LogP contribution in [-0.2, 0) is 18.4 Å². The highest BCUT2D eigenvalue weighted by Crippen LogP contribution is 2.22. The summed E-state index contributed by atoms with van der Waals surface area (Å²) in [6.07, 6.45) is 3.16. The molecule has 0 unspecified atom stereocenters. The van der Waals surface area contributed by atoms with Crippen molar-refractivity contribution < 1.29 is 9.32 Å². The van der Waals surface area contributed by atoms with Crippen LogP contribution in [0.15, 0.2) is 35.1 Å². The summed E-state index contributed by atoms with van der Waals surface area (Å²) in [5.74, 6) is 1.78. The molecule has 1 aromatic carbocycles. The first-order chi connectivity index (χ1) is 11.7. The predicted molar refractivity (Wildman–Crippen MR) is 84.4 cm³/mol. The summed E-state index contributed by atoms with van der Waals surface area (Å²) >= 11 is 0. The van der Waals surface area contributed by atoms with Gasteiger partial charge in [-0.2, -0.15) is 10.1 Å². The molecule has 1 fully saturated rings. The third kappa shape index (κ3) is 2.78. The summed E-state index contributed by atoms with van der Waals surface area (Å²) < 4.78 is 6.97. The van der Waals surface area contributed by atoms with Crippen molar-refractivity contribution in [3.63, 3.8) is 0 Å². The summed E-state index contributed by atoms with van der Waals surface area (Å²) in [4.78, 5) is 22.0. The lowest BCUT2D eigenvalue weighted by Crippen LogP contribution is -2.24. The van der Waals surface area contributed by atoms with Gasteiger partial charge in [0.05, 0.1) is 6.54 Å². The summed E-state index contributed by atoms with van der Waals surface area (Å²) in [5, 5.41) is 8.24. The first-order valence-corrected chi connectivity index (χ1v) is 7.76. The third-order valence-corrected chi connectivity index (χ3v) is 3.96. The minimum absolute atomic E-state index is 0.147. The van der Waals surface area contributed by atoms with E-state index < -0.39 is 0 Å². The van der Waals surface area contributed by atoms with Gasteiger partial charge in [0, 0.05) is 31.1 Å². The van der Waals surface area contributed by atoms with E-state index in [0.29, 0.717) is 30.5 Å². The Hall–Kier alpha value is -3.03. The normalized spacial score (nSPS) is 14.5. The topological polar surface area (TPSA) is 89.9 Å². The average molecular weight is 324 g/mol. The van der Waals surface area contributed by atoms with Crippen LogP contribution in [-0.4, -0.2) is 42.3 Å². The smallest absolute Gasteiger partial charge is 0.257 e. The highest BCUT2D eigenvalue weighted by atomic mass is 16.5. The van der Waals surface area contributed by atoms with E-state index >= 15 is 0 Å². The molecule has 122 valence electrons. The molecule has 0 atom stereocenters. The maximum absolute atomic E-state index is 11.7. The maximum atomic E-state index is 11.7. The number of likely N-dealkylation sites (tertiary alicyclic amines) is 1. The lowest BCUT2D eigenvalue weighted by atomic mass is 10.1. The molecule has 0 N–H and O–H groups in total. The van der Waals surface area contributed by atoms with Gasteiger partial charge in [-0.05, 0) is 18.6 Å². The molecular formula is C16H16N6O2. The number of benzene rings is 1. The van der Waals surface area contributed by atoms with Crippen molar-refractivity contribution in [3.8, 4) is 22.8 Å². The number of aryl methyl sites for hydroxylation is 1. The fourth-order valence-electron chi connectivity index (χ4n) is 2.71. The number of rotatable bonds is 4. The van der Waals surface area contributed by atoms with Crippen molar-refractivity contribution in [2.75, 3.05) is 6.54 Å². The summed E-state index contributed by atoms with van der Waals surface area (Å²) in [6.45, 7) is 1.16. The van der Waals surface area contributed by atoms with E-state index in [4.69, 9.17) is 4.52 Å². The first-order valence-electron chi connectivity index (χ1n) is 7.76. The molecule has 8 nitrogen and oxygen atoms in total. The van der Waals surface area contributed by atoms with E-state index in [9.17, 15) is 4.79 Å². The summed E-state index contributed by atoms with van der Waals surface area (Å²) in [6, 6.07) is 7.62. The van der Waals surface area contributed by atoms with Gasteiger partial charge in [0.15, 0.2) is 11.6 Å². The van der Waals surface area contributed by atoms with Crippen LogP contribution in [0, 0.1) is 0 Å². The first kappa shape index (κ1) is 14.6. The van der Waals surface area contributed by atoms with E-state index in [1.54, 1.807) is 15.9 Å². The number of nitrogens with zero attached hydrogens (tertiary/aromatic N) is 6. The molecule has 1 aliphatic heterocycles. The van der Waals surface area contributed by atoms with Gasteiger partial charge in [-0.3, -0.25) is 9.48 Å². The van der Waals surface area contributed by atoms with E-state index in [1.165, 1.54) is 0 Å². The molecule has 3 heterocycles. The lowest BCUT2D eigenvalue weighted by molar-refractivity contribution is -0.128. The molecule has 0 saturated carbocycles. The number of carbonyl (C=O) groups excluding carboxylic acids is 1. The van der Waals surface area contributed by atoms with Crippen molar-refractivity contribution in [1.82, 2.24) is 29.8 Å². The van der Waals surface area contributed by atoms with Crippen LogP contribution in [0.2, 0.25) is 0 Å². The summed E-state index contributed by atoms with van der Waals surface area (Å²) in [5.41, 5.74) is 1.74. The fraction of sp³-hybridized carbons (Fsp3) is 0.312. The Bertz CT molecular complexity index is 867. The van der Waals surface area contributed by atoms with Crippen LogP contribution >= 0.6 is 0 Å². The molecule has 0 aliphatic carbocycles. The monoisotopic (exact) mass is 324 g/mol. The van der Waals surface area contributed by atoms with Crippen LogP contribution in [0.5, 0.6) is 0 Å². The number of hydrogen-bond acceptors (Lipinski definition) is 6. The van der Waals surface area contributed by atoms with Gasteiger partial charge in [0.2, 0.25) is 5.91 Å². The maximum Gasteiger partial charge on any atom is 0.257 e. The molecule has 3 aromatic rings. The molecule has 1 saturated heterocycles. The quantitative estimate of drug-likeness (QED) is 0.725. The second-order valence-corrected chi connectivity index (χ2v) is 5.75. The highest BCUT2D eigenvalue weighted by Gasteiger charge is 2.22. The SMILES string of the molecule is Cn1cnc(-c2ccc(-c3nc(CN4CCCC4=O)no3)cc2)n1. The Morgan fingerprint density at radius 3 is 2.67 bits per heavy atom. The predicted octanol–water partition coefficient (Wildman–Crippen LogP) is 1.65. The molecule has 8 heteroatoms. The Kier molecular flexibility index (Phi) is 3.56. The van der Waals surface area contributed by atoms with Gasteiger partial charge >= 0.3 is 0 Å². The molecule has 1 aliphatic rings.